The summed E-state index contributed by atoms with van der Waals surface area (Å²) < 4.78 is 17.0. The summed E-state index contributed by atoms with van der Waals surface area (Å²) >= 11 is 6.42. The smallest absolute Gasteiger partial charge is 0.404 e. The van der Waals surface area contributed by atoms with E-state index in [1.807, 2.05) is 19.9 Å². The fourth-order valence-corrected chi connectivity index (χ4v) is 10.0. The molecule has 402 valence electrons. The number of hydrogen-bond acceptors (Lipinski definition) is 11. The number of rotatable bonds is 29. The van der Waals surface area contributed by atoms with E-state index in [2.05, 4.69) is 26.3 Å². The van der Waals surface area contributed by atoms with Gasteiger partial charge >= 0.3 is 13.9 Å². The minimum absolute atomic E-state index is 0.0312. The molecule has 1 aromatic heterocycles. The number of Topliss-reactive ketones (excluding diaryl/α,β-unsaturated/α-hetero) is 2. The Morgan fingerprint density at radius 1 is 0.813 bits per heavy atom. The van der Waals surface area contributed by atoms with Crippen LogP contribution >= 0.6 is 19.4 Å². The first kappa shape index (κ1) is 57.6. The second-order valence-electron chi connectivity index (χ2n) is 19.1. The van der Waals surface area contributed by atoms with Crippen molar-refractivity contribution in [3.8, 4) is 5.75 Å². The number of carbonyl (C=O) groups is 7. The van der Waals surface area contributed by atoms with Crippen LogP contribution in [0.3, 0.4) is 0 Å². The molecule has 6 rings (SSSR count). The van der Waals surface area contributed by atoms with Gasteiger partial charge in [0.1, 0.15) is 11.4 Å². The maximum atomic E-state index is 14.2. The highest BCUT2D eigenvalue weighted by Crippen LogP contribution is 2.49. The van der Waals surface area contributed by atoms with Crippen LogP contribution in [0.15, 0.2) is 78.9 Å². The zero-order valence-corrected chi connectivity index (χ0v) is 43.6. The van der Waals surface area contributed by atoms with E-state index in [1.165, 1.54) is 11.0 Å². The predicted octanol–water partition coefficient (Wildman–Crippen LogP) is 6.07. The first-order chi connectivity index (χ1) is 35.8. The predicted molar refractivity (Wildman–Crippen MR) is 284 cm³/mol. The van der Waals surface area contributed by atoms with Crippen LogP contribution in [-0.2, 0) is 36.6 Å². The van der Waals surface area contributed by atoms with Crippen molar-refractivity contribution in [2.75, 3.05) is 43.5 Å². The molecule has 75 heavy (non-hydrogen) atoms. The number of hydroxylamine groups is 1. The van der Waals surface area contributed by atoms with E-state index in [9.17, 15) is 47.9 Å². The van der Waals surface area contributed by atoms with Crippen LogP contribution in [0, 0.1) is 11.8 Å². The van der Waals surface area contributed by atoms with Gasteiger partial charge in [-0.3, -0.25) is 38.6 Å². The van der Waals surface area contributed by atoms with Crippen molar-refractivity contribution in [2.24, 2.45) is 17.6 Å². The minimum Gasteiger partial charge on any atom is -0.404 e. The number of amides is 6. The van der Waals surface area contributed by atoms with Crippen molar-refractivity contribution >= 4 is 88.0 Å². The van der Waals surface area contributed by atoms with Gasteiger partial charge in [-0.15, -0.1) is 11.6 Å². The SMILES string of the molecule is CC(C)[C@H](CCCNC(=O)CCCCCNC(=O)CNO)C(=O)N[C@@H](CCCNC(N)=O)C(=O)Cc1ccc(C(=O)Cc2ccc3[nH]c(C(=O)N4C[C@@H](CCl)c5c4cc(OP(=O)(O)O)c4ccccc54)cc3c2)cc1. The van der Waals surface area contributed by atoms with E-state index in [0.29, 0.717) is 95.7 Å². The molecule has 0 spiro atoms. The molecule has 3 atom stereocenters. The number of urea groups is 1. The number of nitrogens with zero attached hydrogens (tertiary/aromatic N) is 1. The lowest BCUT2D eigenvalue weighted by Crippen LogP contribution is -2.46. The Kier molecular flexibility index (Phi) is 20.9. The van der Waals surface area contributed by atoms with E-state index in [1.54, 1.807) is 72.2 Å². The molecular weight excluding hydrogens is 1010 g/mol. The van der Waals surface area contributed by atoms with Gasteiger partial charge < -0.3 is 46.6 Å². The average molecular weight is 1070 g/mol. The monoisotopic (exact) mass is 1070 g/mol. The van der Waals surface area contributed by atoms with Crippen LogP contribution < -0.4 is 41.9 Å². The molecule has 0 saturated heterocycles. The lowest BCUT2D eigenvalue weighted by Gasteiger charge is -2.24. The van der Waals surface area contributed by atoms with Crippen molar-refractivity contribution in [1.82, 2.24) is 31.7 Å². The number of nitrogens with one attached hydrogen (secondary N) is 6. The zero-order valence-electron chi connectivity index (χ0n) is 42.0. The standard InChI is InChI=1S/C53H66ClN8O12P/c1-32(2)38(12-8-22-56-48(65)14-4-3-7-21-57-49(66)30-59-70)51(67)61-42(13-9-23-58-53(55)69)46(64)25-33-15-18-35(19-16-33)45(63)26-34-17-20-41-36(24-34)27-43(60-41)52(68)62-31-37(29-54)50-40-11-6-5-10-39(40)47(28-44(50)62)74-75(71,72)73/h5-6,10-11,15-20,24,27-28,32,37-38,42,59-60,70H,3-4,7-9,12-14,21-23,25-26,29-31H2,1-2H3,(H,56,65)(H,57,66)(H,61,67)(H3,55,58,69)(H2,71,72,73)/t37-,38+,42+/m1/s1. The molecule has 0 bridgehead atoms. The Hall–Kier alpha value is -6.67. The number of fused-ring (bicyclic) bond motifs is 4. The van der Waals surface area contributed by atoms with Crippen molar-refractivity contribution in [1.29, 1.82) is 0 Å². The Bertz CT molecular complexity index is 2910. The van der Waals surface area contributed by atoms with Gasteiger partial charge in [0.05, 0.1) is 18.3 Å². The van der Waals surface area contributed by atoms with Gasteiger partial charge in [-0.1, -0.05) is 74.9 Å². The van der Waals surface area contributed by atoms with Crippen LogP contribution in [0.1, 0.15) is 109 Å². The molecule has 0 saturated carbocycles. The van der Waals surface area contributed by atoms with Crippen LogP contribution in [0.2, 0.25) is 0 Å². The summed E-state index contributed by atoms with van der Waals surface area (Å²) in [7, 11) is -4.94. The lowest BCUT2D eigenvalue weighted by atomic mass is 9.89. The normalized spacial score (nSPS) is 14.1. The van der Waals surface area contributed by atoms with Gasteiger partial charge in [0.2, 0.25) is 17.7 Å². The molecule has 1 aliphatic heterocycles. The third-order valence-corrected chi connectivity index (χ3v) is 14.0. The van der Waals surface area contributed by atoms with Crippen molar-refractivity contribution in [3.63, 3.8) is 0 Å². The van der Waals surface area contributed by atoms with Crippen LogP contribution in [-0.4, -0.2) is 106 Å². The van der Waals surface area contributed by atoms with Gasteiger partial charge in [-0.05, 0) is 84.7 Å². The topological polar surface area (TPSA) is 312 Å². The highest BCUT2D eigenvalue weighted by Gasteiger charge is 2.36. The van der Waals surface area contributed by atoms with Crippen LogP contribution in [0.25, 0.3) is 21.7 Å². The number of aromatic amines is 1. The molecule has 0 aliphatic carbocycles. The molecule has 5 aromatic rings. The molecule has 0 radical (unpaired) electrons. The number of alkyl halides is 1. The second-order valence-corrected chi connectivity index (χ2v) is 20.6. The molecule has 6 amide bonds. The number of hydrogen-bond donors (Lipinski definition) is 10. The summed E-state index contributed by atoms with van der Waals surface area (Å²) in [5, 5.41) is 21.4. The number of ketones is 2. The molecule has 4 aromatic carbocycles. The molecular formula is C53H66ClN8O12P. The van der Waals surface area contributed by atoms with Gasteiger partial charge in [-0.25, -0.2) is 9.36 Å². The Labute approximate surface area is 439 Å². The highest BCUT2D eigenvalue weighted by atomic mass is 35.5. The maximum Gasteiger partial charge on any atom is 0.524 e. The largest absolute Gasteiger partial charge is 0.524 e. The van der Waals surface area contributed by atoms with E-state index < -0.39 is 31.7 Å². The molecule has 0 unspecified atom stereocenters. The Morgan fingerprint density at radius 2 is 1.49 bits per heavy atom. The van der Waals surface area contributed by atoms with Gasteiger partial charge in [0, 0.05) is 91.1 Å². The number of phosphoric ester groups is 1. The maximum absolute atomic E-state index is 14.2. The Morgan fingerprint density at radius 3 is 2.19 bits per heavy atom. The highest BCUT2D eigenvalue weighted by molar-refractivity contribution is 7.46. The van der Waals surface area contributed by atoms with Crippen molar-refractivity contribution in [3.05, 3.63) is 107 Å². The molecule has 1 aliphatic rings. The number of benzene rings is 4. The number of primary amides is 1. The van der Waals surface area contributed by atoms with Crippen molar-refractivity contribution < 1.29 is 57.6 Å². The summed E-state index contributed by atoms with van der Waals surface area (Å²) in [5.74, 6) is -2.19. The number of phosphoric acid groups is 1. The second kappa shape index (κ2) is 27.2. The van der Waals surface area contributed by atoms with E-state index in [-0.39, 0.29) is 97.3 Å². The van der Waals surface area contributed by atoms with E-state index >= 15 is 0 Å². The van der Waals surface area contributed by atoms with E-state index in [0.717, 1.165) is 12.0 Å². The average Bonchev–Trinajstić information content (AvgIpc) is 3.97. The third kappa shape index (κ3) is 16.4. The number of anilines is 1. The van der Waals surface area contributed by atoms with E-state index in [4.69, 9.17) is 27.1 Å². The quantitative estimate of drug-likeness (QED) is 0.00856. The number of aromatic nitrogens is 1. The van der Waals surface area contributed by atoms with Gasteiger partial charge in [0.25, 0.3) is 5.91 Å². The fourth-order valence-electron chi connectivity index (χ4n) is 9.37. The molecule has 11 N–H and O–H groups in total. The number of nitrogens with two attached hydrogens (primary N) is 1. The van der Waals surface area contributed by atoms with Crippen LogP contribution in [0.4, 0.5) is 10.5 Å². The minimum atomic E-state index is -4.94. The summed E-state index contributed by atoms with van der Waals surface area (Å²) in [6, 6.07) is 20.7. The fraction of sp³-hybridized carbons (Fsp3) is 0.415. The number of halogens is 1. The third-order valence-electron chi connectivity index (χ3n) is 13.2. The number of H-pyrrole nitrogens is 1. The Balaban J connectivity index is 1.04. The first-order valence-corrected chi connectivity index (χ1v) is 27.1. The first-order valence-electron chi connectivity index (χ1n) is 25.0. The van der Waals surface area contributed by atoms with Crippen LogP contribution in [0.5, 0.6) is 5.75 Å². The molecule has 22 heteroatoms. The molecule has 20 nitrogen and oxygen atoms in total. The molecule has 0 fully saturated rings. The summed E-state index contributed by atoms with van der Waals surface area (Å²) in [5.41, 5.74) is 10.9. The number of unbranched alkanes of at least 4 members (excludes halogenated alkanes) is 2. The number of carbonyl (C=O) groups excluding carboxylic acids is 7. The van der Waals surface area contributed by atoms with Gasteiger partial charge in [0.15, 0.2) is 11.6 Å². The summed E-state index contributed by atoms with van der Waals surface area (Å²) in [6.07, 6.45) is 4.04. The summed E-state index contributed by atoms with van der Waals surface area (Å²) in [6.45, 7) is 4.91. The summed E-state index contributed by atoms with van der Waals surface area (Å²) in [4.78, 5) is 115. The lowest BCUT2D eigenvalue weighted by molar-refractivity contribution is -0.131. The van der Waals surface area contributed by atoms with Gasteiger partial charge in [-0.2, -0.15) is 5.48 Å². The van der Waals surface area contributed by atoms with Crippen molar-refractivity contribution in [2.45, 2.75) is 90.0 Å². The zero-order chi connectivity index (χ0) is 54.2. The molecule has 2 heterocycles.